The minimum atomic E-state index is -0.288. The largest absolute Gasteiger partial charge is 0.396 e. The summed E-state index contributed by atoms with van der Waals surface area (Å²) < 4.78 is 13.1. The van der Waals surface area contributed by atoms with Crippen molar-refractivity contribution in [2.45, 2.75) is 25.7 Å². The molecule has 132 valence electrons. The van der Waals surface area contributed by atoms with Crippen molar-refractivity contribution in [3.05, 3.63) is 59.9 Å². The van der Waals surface area contributed by atoms with Crippen molar-refractivity contribution >= 4 is 5.91 Å². The number of aliphatic hydroxyl groups is 1. The molecule has 3 nitrogen and oxygen atoms in total. The van der Waals surface area contributed by atoms with Crippen LogP contribution < -0.4 is 5.32 Å². The van der Waals surface area contributed by atoms with Gasteiger partial charge < -0.3 is 10.4 Å². The third-order valence-corrected chi connectivity index (χ3v) is 5.10. The van der Waals surface area contributed by atoms with Crippen molar-refractivity contribution in [1.29, 1.82) is 0 Å². The second kappa shape index (κ2) is 8.26. The molecule has 0 bridgehead atoms. The SMILES string of the molecule is O=C(NCC1CCC(CO)CC1)c1ccccc1-c1ccc(F)cc1. The topological polar surface area (TPSA) is 49.3 Å². The number of aliphatic hydroxyl groups excluding tert-OH is 1. The van der Waals surface area contributed by atoms with E-state index in [-0.39, 0.29) is 18.3 Å². The highest BCUT2D eigenvalue weighted by atomic mass is 19.1. The fourth-order valence-electron chi connectivity index (χ4n) is 3.51. The van der Waals surface area contributed by atoms with Crippen LogP contribution in [-0.4, -0.2) is 24.2 Å². The summed E-state index contributed by atoms with van der Waals surface area (Å²) in [5.41, 5.74) is 2.25. The molecule has 1 fully saturated rings. The van der Waals surface area contributed by atoms with Gasteiger partial charge in [-0.25, -0.2) is 4.39 Å². The van der Waals surface area contributed by atoms with Crippen molar-refractivity contribution in [2.75, 3.05) is 13.2 Å². The van der Waals surface area contributed by atoms with Crippen LogP contribution in [0.2, 0.25) is 0 Å². The molecule has 1 aliphatic carbocycles. The monoisotopic (exact) mass is 341 g/mol. The molecule has 2 aromatic rings. The van der Waals surface area contributed by atoms with Crippen LogP contribution >= 0.6 is 0 Å². The van der Waals surface area contributed by atoms with Crippen LogP contribution in [0, 0.1) is 17.7 Å². The summed E-state index contributed by atoms with van der Waals surface area (Å²) >= 11 is 0. The van der Waals surface area contributed by atoms with Gasteiger partial charge in [-0.3, -0.25) is 4.79 Å². The van der Waals surface area contributed by atoms with E-state index in [4.69, 9.17) is 0 Å². The van der Waals surface area contributed by atoms with Crippen molar-refractivity contribution in [3.8, 4) is 11.1 Å². The fourth-order valence-corrected chi connectivity index (χ4v) is 3.51. The molecule has 1 aliphatic rings. The van der Waals surface area contributed by atoms with Gasteiger partial charge in [0.1, 0.15) is 5.82 Å². The first kappa shape index (κ1) is 17.6. The lowest BCUT2D eigenvalue weighted by molar-refractivity contribution is 0.0937. The number of amides is 1. The summed E-state index contributed by atoms with van der Waals surface area (Å²) in [6.07, 6.45) is 4.16. The smallest absolute Gasteiger partial charge is 0.251 e. The van der Waals surface area contributed by atoms with E-state index in [0.717, 1.165) is 36.8 Å². The number of rotatable bonds is 5. The molecule has 2 N–H and O–H groups in total. The van der Waals surface area contributed by atoms with Gasteiger partial charge in [0.05, 0.1) is 0 Å². The number of hydrogen-bond donors (Lipinski definition) is 2. The Hall–Kier alpha value is -2.20. The summed E-state index contributed by atoms with van der Waals surface area (Å²) in [5, 5.41) is 12.3. The summed E-state index contributed by atoms with van der Waals surface area (Å²) in [6, 6.07) is 13.6. The van der Waals surface area contributed by atoms with E-state index in [0.29, 0.717) is 23.9 Å². The molecule has 0 unspecified atom stereocenters. The highest BCUT2D eigenvalue weighted by molar-refractivity contribution is 6.00. The first-order valence-electron chi connectivity index (χ1n) is 8.91. The third-order valence-electron chi connectivity index (χ3n) is 5.10. The van der Waals surface area contributed by atoms with Gasteiger partial charge in [0.15, 0.2) is 0 Å². The van der Waals surface area contributed by atoms with Crippen LogP contribution in [0.4, 0.5) is 4.39 Å². The molecule has 0 aromatic heterocycles. The number of carbonyl (C=O) groups excluding carboxylic acids is 1. The second-order valence-electron chi connectivity index (χ2n) is 6.83. The molecule has 1 saturated carbocycles. The normalized spacial score (nSPS) is 20.2. The number of hydrogen-bond acceptors (Lipinski definition) is 2. The maximum atomic E-state index is 13.1. The van der Waals surface area contributed by atoms with Gasteiger partial charge >= 0.3 is 0 Å². The summed E-state index contributed by atoms with van der Waals surface area (Å²) in [5.74, 6) is 0.518. The van der Waals surface area contributed by atoms with Crippen LogP contribution in [-0.2, 0) is 0 Å². The van der Waals surface area contributed by atoms with E-state index < -0.39 is 0 Å². The maximum absolute atomic E-state index is 13.1. The van der Waals surface area contributed by atoms with Gasteiger partial charge in [0.2, 0.25) is 0 Å². The minimum absolute atomic E-state index is 0.0933. The number of nitrogens with one attached hydrogen (secondary N) is 1. The zero-order chi connectivity index (χ0) is 17.6. The lowest BCUT2D eigenvalue weighted by Crippen LogP contribution is -2.32. The predicted molar refractivity (Wildman–Crippen MR) is 96.7 cm³/mol. The van der Waals surface area contributed by atoms with Gasteiger partial charge in [0.25, 0.3) is 5.91 Å². The molecular formula is C21H24FNO2. The Morgan fingerprint density at radius 2 is 1.64 bits per heavy atom. The van der Waals surface area contributed by atoms with E-state index in [9.17, 15) is 14.3 Å². The second-order valence-corrected chi connectivity index (χ2v) is 6.83. The quantitative estimate of drug-likeness (QED) is 0.863. The number of benzene rings is 2. The lowest BCUT2D eigenvalue weighted by atomic mass is 9.82. The van der Waals surface area contributed by atoms with Gasteiger partial charge in [-0.2, -0.15) is 0 Å². The average Bonchev–Trinajstić information content (AvgIpc) is 2.67. The molecule has 0 aliphatic heterocycles. The number of carbonyl (C=O) groups is 1. The Bertz CT molecular complexity index is 706. The van der Waals surface area contributed by atoms with Crippen LogP contribution in [0.1, 0.15) is 36.0 Å². The molecule has 0 atom stereocenters. The van der Waals surface area contributed by atoms with Gasteiger partial charge in [-0.05, 0) is 66.8 Å². The maximum Gasteiger partial charge on any atom is 0.251 e. The third kappa shape index (κ3) is 4.45. The van der Waals surface area contributed by atoms with Gasteiger partial charge in [-0.1, -0.05) is 30.3 Å². The molecule has 0 radical (unpaired) electrons. The Balaban J connectivity index is 1.65. The van der Waals surface area contributed by atoms with E-state index in [1.165, 1.54) is 12.1 Å². The molecule has 0 heterocycles. The Kier molecular flexibility index (Phi) is 5.82. The van der Waals surface area contributed by atoms with Crippen molar-refractivity contribution in [3.63, 3.8) is 0 Å². The summed E-state index contributed by atoms with van der Waals surface area (Å²) in [4.78, 5) is 12.6. The zero-order valence-electron chi connectivity index (χ0n) is 14.2. The van der Waals surface area contributed by atoms with E-state index in [2.05, 4.69) is 5.32 Å². The Labute approximate surface area is 147 Å². The van der Waals surface area contributed by atoms with E-state index in [1.807, 2.05) is 18.2 Å². The molecule has 3 rings (SSSR count). The first-order valence-corrected chi connectivity index (χ1v) is 8.91. The fraction of sp³-hybridized carbons (Fsp3) is 0.381. The van der Waals surface area contributed by atoms with Crippen molar-refractivity contribution in [2.24, 2.45) is 11.8 Å². The molecule has 0 spiro atoms. The summed E-state index contributed by atoms with van der Waals surface area (Å²) in [7, 11) is 0. The molecule has 25 heavy (non-hydrogen) atoms. The van der Waals surface area contributed by atoms with Crippen LogP contribution in [0.5, 0.6) is 0 Å². The standard InChI is InChI=1S/C21H24FNO2/c22-18-11-9-17(10-12-18)19-3-1-2-4-20(19)21(25)23-13-15-5-7-16(14-24)8-6-15/h1-4,9-12,15-16,24H,5-8,13-14H2,(H,23,25). The van der Waals surface area contributed by atoms with Gasteiger partial charge in [-0.15, -0.1) is 0 Å². The van der Waals surface area contributed by atoms with Crippen LogP contribution in [0.15, 0.2) is 48.5 Å². The van der Waals surface area contributed by atoms with E-state index in [1.54, 1.807) is 18.2 Å². The molecule has 0 saturated heterocycles. The first-order chi connectivity index (χ1) is 12.2. The van der Waals surface area contributed by atoms with Crippen LogP contribution in [0.25, 0.3) is 11.1 Å². The lowest BCUT2D eigenvalue weighted by Gasteiger charge is -2.27. The zero-order valence-corrected chi connectivity index (χ0v) is 14.2. The van der Waals surface area contributed by atoms with Crippen molar-refractivity contribution in [1.82, 2.24) is 5.32 Å². The average molecular weight is 341 g/mol. The minimum Gasteiger partial charge on any atom is -0.396 e. The molecule has 2 aromatic carbocycles. The van der Waals surface area contributed by atoms with Crippen LogP contribution in [0.3, 0.4) is 0 Å². The predicted octanol–water partition coefficient (Wildman–Crippen LogP) is 4.02. The Morgan fingerprint density at radius 3 is 2.32 bits per heavy atom. The Morgan fingerprint density at radius 1 is 1.00 bits per heavy atom. The molecular weight excluding hydrogens is 317 g/mol. The number of halogens is 1. The summed E-state index contributed by atoms with van der Waals surface area (Å²) in [6.45, 7) is 0.929. The highest BCUT2D eigenvalue weighted by Crippen LogP contribution is 2.28. The van der Waals surface area contributed by atoms with Crippen molar-refractivity contribution < 1.29 is 14.3 Å². The molecule has 1 amide bonds. The van der Waals surface area contributed by atoms with Gasteiger partial charge in [0, 0.05) is 18.7 Å². The van der Waals surface area contributed by atoms with E-state index >= 15 is 0 Å². The highest BCUT2D eigenvalue weighted by Gasteiger charge is 2.21. The molecule has 4 heteroatoms.